The lowest BCUT2D eigenvalue weighted by Crippen LogP contribution is -2.44. The number of fused-ring (bicyclic) bond motifs is 1. The molecule has 2 N–H and O–H groups in total. The predicted molar refractivity (Wildman–Crippen MR) is 118 cm³/mol. The molecule has 1 fully saturated rings. The van der Waals surface area contributed by atoms with Crippen molar-refractivity contribution in [3.8, 4) is 5.75 Å². The maximum atomic E-state index is 11.9. The van der Waals surface area contributed by atoms with Gasteiger partial charge in [0, 0.05) is 30.6 Å². The molecule has 1 amide bonds. The number of ether oxygens (including phenoxy) is 1. The summed E-state index contributed by atoms with van der Waals surface area (Å²) in [6.45, 7) is 3.78. The Morgan fingerprint density at radius 3 is 2.52 bits per heavy atom. The van der Waals surface area contributed by atoms with Crippen LogP contribution in [-0.4, -0.2) is 26.1 Å². The van der Waals surface area contributed by atoms with Crippen LogP contribution in [0, 0.1) is 11.8 Å². The lowest BCUT2D eigenvalue weighted by atomic mass is 9.74. The fourth-order valence-corrected chi connectivity index (χ4v) is 4.60. The minimum Gasteiger partial charge on any atom is -0.497 e. The van der Waals surface area contributed by atoms with Crippen molar-refractivity contribution in [3.63, 3.8) is 0 Å². The number of anilines is 1. The minimum atomic E-state index is -0.205. The second kappa shape index (κ2) is 8.16. The van der Waals surface area contributed by atoms with E-state index >= 15 is 0 Å². The quantitative estimate of drug-likeness (QED) is 0.696. The van der Waals surface area contributed by atoms with Crippen molar-refractivity contribution in [2.75, 3.05) is 25.1 Å². The summed E-state index contributed by atoms with van der Waals surface area (Å²) in [7, 11) is 1.69. The lowest BCUT2D eigenvalue weighted by molar-refractivity contribution is -0.123. The van der Waals surface area contributed by atoms with Gasteiger partial charge < -0.3 is 15.4 Å². The number of hydrogen-bond donors (Lipinski definition) is 1. The van der Waals surface area contributed by atoms with Crippen LogP contribution < -0.4 is 15.4 Å². The highest BCUT2D eigenvalue weighted by atomic mass is 16.5. The number of primary amides is 1. The first kappa shape index (κ1) is 19.3. The topological polar surface area (TPSA) is 55.6 Å². The summed E-state index contributed by atoms with van der Waals surface area (Å²) in [6, 6.07) is 23.3. The van der Waals surface area contributed by atoms with Crippen LogP contribution in [0.1, 0.15) is 24.8 Å². The zero-order chi connectivity index (χ0) is 20.4. The smallest absolute Gasteiger partial charge is 0.220 e. The van der Waals surface area contributed by atoms with Crippen molar-refractivity contribution in [2.45, 2.75) is 19.3 Å². The van der Waals surface area contributed by atoms with Crippen LogP contribution in [0.25, 0.3) is 10.8 Å². The average Bonchev–Trinajstić information content (AvgIpc) is 2.78. The Morgan fingerprint density at radius 2 is 1.79 bits per heavy atom. The lowest BCUT2D eigenvalue weighted by Gasteiger charge is -2.42. The predicted octanol–water partition coefficient (Wildman–Crippen LogP) is 4.58. The first-order valence-electron chi connectivity index (χ1n) is 10.2. The summed E-state index contributed by atoms with van der Waals surface area (Å²) in [5.41, 5.74) is 8.17. The Bertz CT molecular complexity index is 1000. The molecular formula is C25H28N2O2. The summed E-state index contributed by atoms with van der Waals surface area (Å²) in [5.74, 6) is 1.07. The van der Waals surface area contributed by atoms with Gasteiger partial charge in [0.25, 0.3) is 0 Å². The summed E-state index contributed by atoms with van der Waals surface area (Å²) < 4.78 is 5.34. The van der Waals surface area contributed by atoms with Gasteiger partial charge in [0.2, 0.25) is 5.91 Å². The average molecular weight is 389 g/mol. The molecule has 3 aromatic carbocycles. The van der Waals surface area contributed by atoms with Gasteiger partial charge >= 0.3 is 0 Å². The molecular weight excluding hydrogens is 360 g/mol. The van der Waals surface area contributed by atoms with E-state index in [1.807, 2.05) is 19.1 Å². The molecule has 1 saturated heterocycles. The Balaban J connectivity index is 1.64. The number of carbonyl (C=O) groups is 1. The second-order valence-corrected chi connectivity index (χ2v) is 8.00. The van der Waals surface area contributed by atoms with Gasteiger partial charge in [0.05, 0.1) is 7.11 Å². The Labute approximate surface area is 172 Å². The number of piperidine rings is 1. The van der Waals surface area contributed by atoms with E-state index in [0.717, 1.165) is 25.3 Å². The van der Waals surface area contributed by atoms with Gasteiger partial charge in [-0.25, -0.2) is 0 Å². The molecule has 150 valence electrons. The SMILES string of the molecule is COc1ccc2cc(N3CCC(C(C)C(N)=O)C(c4ccccc4)C3)ccc2c1. The molecule has 0 aliphatic carbocycles. The third kappa shape index (κ3) is 3.93. The Hall–Kier alpha value is -3.01. The summed E-state index contributed by atoms with van der Waals surface area (Å²) in [6.07, 6.45) is 0.949. The summed E-state index contributed by atoms with van der Waals surface area (Å²) in [5, 5.41) is 2.37. The van der Waals surface area contributed by atoms with E-state index in [0.29, 0.717) is 0 Å². The summed E-state index contributed by atoms with van der Waals surface area (Å²) >= 11 is 0. The molecule has 0 saturated carbocycles. The van der Waals surface area contributed by atoms with Crippen LogP contribution in [0.15, 0.2) is 66.7 Å². The van der Waals surface area contributed by atoms with E-state index in [4.69, 9.17) is 10.5 Å². The molecule has 1 aliphatic heterocycles. The molecule has 3 unspecified atom stereocenters. The number of amides is 1. The van der Waals surface area contributed by atoms with Gasteiger partial charge in [-0.1, -0.05) is 49.4 Å². The highest BCUT2D eigenvalue weighted by molar-refractivity contribution is 5.87. The van der Waals surface area contributed by atoms with E-state index in [1.165, 1.54) is 22.0 Å². The maximum Gasteiger partial charge on any atom is 0.220 e. The molecule has 0 bridgehead atoms. The number of methoxy groups -OCH3 is 1. The number of nitrogens with zero attached hydrogens (tertiary/aromatic N) is 1. The molecule has 29 heavy (non-hydrogen) atoms. The van der Waals surface area contributed by atoms with Gasteiger partial charge in [-0.15, -0.1) is 0 Å². The first-order valence-corrected chi connectivity index (χ1v) is 10.2. The van der Waals surface area contributed by atoms with Crippen molar-refractivity contribution in [1.29, 1.82) is 0 Å². The molecule has 0 radical (unpaired) electrons. The maximum absolute atomic E-state index is 11.9. The van der Waals surface area contributed by atoms with Gasteiger partial charge in [0.1, 0.15) is 5.75 Å². The van der Waals surface area contributed by atoms with Crippen LogP contribution in [0.2, 0.25) is 0 Å². The van der Waals surface area contributed by atoms with Crippen molar-refractivity contribution < 1.29 is 9.53 Å². The summed E-state index contributed by atoms with van der Waals surface area (Å²) in [4.78, 5) is 14.4. The first-order chi connectivity index (χ1) is 14.1. The fourth-order valence-electron chi connectivity index (χ4n) is 4.60. The molecule has 4 rings (SSSR count). The molecule has 1 aliphatic rings. The van der Waals surface area contributed by atoms with E-state index in [-0.39, 0.29) is 23.7 Å². The number of rotatable bonds is 5. The number of benzene rings is 3. The van der Waals surface area contributed by atoms with E-state index in [1.54, 1.807) is 7.11 Å². The molecule has 4 nitrogen and oxygen atoms in total. The van der Waals surface area contributed by atoms with Crippen LogP contribution in [0.3, 0.4) is 0 Å². The Kier molecular flexibility index (Phi) is 5.43. The molecule has 0 spiro atoms. The number of carbonyl (C=O) groups excluding carboxylic acids is 1. The highest BCUT2D eigenvalue weighted by Crippen LogP contribution is 2.39. The third-order valence-corrected chi connectivity index (χ3v) is 6.38. The molecule has 0 aromatic heterocycles. The van der Waals surface area contributed by atoms with Crippen molar-refractivity contribution in [2.24, 2.45) is 17.6 Å². The minimum absolute atomic E-state index is 0.133. The zero-order valence-electron chi connectivity index (χ0n) is 17.0. The largest absolute Gasteiger partial charge is 0.497 e. The van der Waals surface area contributed by atoms with Gasteiger partial charge in [-0.2, -0.15) is 0 Å². The monoisotopic (exact) mass is 388 g/mol. The van der Waals surface area contributed by atoms with Crippen molar-refractivity contribution in [3.05, 3.63) is 72.3 Å². The number of nitrogens with two attached hydrogens (primary N) is 1. The fraction of sp³-hybridized carbons (Fsp3) is 0.320. The van der Waals surface area contributed by atoms with E-state index < -0.39 is 0 Å². The van der Waals surface area contributed by atoms with E-state index in [9.17, 15) is 4.79 Å². The standard InChI is InChI=1S/C25H28N2O2/c1-17(25(26)28)23-12-13-27(16-24(23)18-6-4-3-5-7-18)21-10-8-20-15-22(29-2)11-9-19(20)14-21/h3-11,14-15,17,23-24H,12-13,16H2,1-2H3,(H2,26,28). The van der Waals surface area contributed by atoms with Gasteiger partial charge in [0.15, 0.2) is 0 Å². The molecule has 4 heteroatoms. The van der Waals surface area contributed by atoms with Crippen LogP contribution in [0.5, 0.6) is 5.75 Å². The van der Waals surface area contributed by atoms with Crippen LogP contribution in [0.4, 0.5) is 5.69 Å². The number of hydrogen-bond acceptors (Lipinski definition) is 3. The third-order valence-electron chi connectivity index (χ3n) is 6.38. The molecule has 3 atom stereocenters. The van der Waals surface area contributed by atoms with Crippen molar-refractivity contribution >= 4 is 22.4 Å². The second-order valence-electron chi connectivity index (χ2n) is 8.00. The molecule has 1 heterocycles. The normalized spacial score (nSPS) is 20.4. The van der Waals surface area contributed by atoms with Gasteiger partial charge in [-0.3, -0.25) is 4.79 Å². The zero-order valence-corrected chi connectivity index (χ0v) is 17.0. The Morgan fingerprint density at radius 1 is 1.07 bits per heavy atom. The van der Waals surface area contributed by atoms with Crippen molar-refractivity contribution in [1.82, 2.24) is 0 Å². The molecule has 3 aromatic rings. The van der Waals surface area contributed by atoms with E-state index in [2.05, 4.69) is 59.5 Å². The van der Waals surface area contributed by atoms with Crippen LogP contribution in [-0.2, 0) is 4.79 Å². The van der Waals surface area contributed by atoms with Crippen LogP contribution >= 0.6 is 0 Å². The van der Waals surface area contributed by atoms with Gasteiger partial charge in [-0.05, 0) is 52.9 Å². The highest BCUT2D eigenvalue weighted by Gasteiger charge is 2.36.